The van der Waals surface area contributed by atoms with Gasteiger partial charge in [-0.05, 0) is 48.5 Å². The maximum absolute atomic E-state index is 13.7. The zero-order chi connectivity index (χ0) is 23.4. The molecule has 0 saturated heterocycles. The number of carbonyl (C=O) groups is 1. The van der Waals surface area contributed by atoms with Crippen LogP contribution in [0, 0.1) is 5.82 Å². The van der Waals surface area contributed by atoms with Crippen LogP contribution in [0.3, 0.4) is 0 Å². The Balaban J connectivity index is 1.73. The molecule has 4 rings (SSSR count). The van der Waals surface area contributed by atoms with Crippen LogP contribution in [-0.4, -0.2) is 33.0 Å². The number of carbonyl (C=O) groups excluding carboxylic acids is 1. The monoisotopic (exact) mass is 465 g/mol. The number of hydrogen-bond donors (Lipinski definition) is 1. The summed E-state index contributed by atoms with van der Waals surface area (Å²) in [5, 5.41) is 3.78. The molecule has 7 nitrogen and oxygen atoms in total. The molecule has 168 valence electrons. The molecule has 33 heavy (non-hydrogen) atoms. The fourth-order valence-corrected chi connectivity index (χ4v) is 5.03. The molecule has 0 bridgehead atoms. The zero-order valence-corrected chi connectivity index (χ0v) is 18.4. The lowest BCUT2D eigenvalue weighted by molar-refractivity contribution is -0.114. The number of aromatic nitrogens is 1. The minimum atomic E-state index is -4.20. The van der Waals surface area contributed by atoms with Gasteiger partial charge in [0.25, 0.3) is 10.0 Å². The second kappa shape index (κ2) is 9.25. The predicted octanol–water partition coefficient (Wildman–Crippen LogP) is 4.22. The molecule has 0 fully saturated rings. The molecule has 4 aromatic rings. The summed E-state index contributed by atoms with van der Waals surface area (Å²) in [5.74, 6) is -0.550. The quantitative estimate of drug-likeness (QED) is 0.442. The van der Waals surface area contributed by atoms with Crippen molar-refractivity contribution in [2.24, 2.45) is 0 Å². The summed E-state index contributed by atoms with van der Waals surface area (Å²) in [5.41, 5.74) is 0.607. The summed E-state index contributed by atoms with van der Waals surface area (Å²) in [7, 11) is -2.69. The van der Waals surface area contributed by atoms with Gasteiger partial charge in [0, 0.05) is 34.9 Å². The molecule has 0 unspecified atom stereocenters. The average molecular weight is 466 g/mol. The van der Waals surface area contributed by atoms with E-state index in [0.717, 1.165) is 16.4 Å². The van der Waals surface area contributed by atoms with Crippen LogP contribution in [0.2, 0.25) is 0 Å². The van der Waals surface area contributed by atoms with Gasteiger partial charge in [-0.1, -0.05) is 18.2 Å². The molecule has 0 aliphatic carbocycles. The number of methoxy groups -OCH3 is 1. The second-order valence-corrected chi connectivity index (χ2v) is 8.95. The lowest BCUT2D eigenvalue weighted by Crippen LogP contribution is -2.38. The van der Waals surface area contributed by atoms with Crippen molar-refractivity contribution in [1.82, 2.24) is 4.98 Å². The lowest BCUT2D eigenvalue weighted by Gasteiger charge is -2.25. The second-order valence-electron chi connectivity index (χ2n) is 7.12. The molecule has 9 heteroatoms. The Morgan fingerprint density at radius 3 is 2.58 bits per heavy atom. The third-order valence-corrected chi connectivity index (χ3v) is 6.80. The number of sulfonamides is 1. The number of anilines is 2. The van der Waals surface area contributed by atoms with Crippen LogP contribution >= 0.6 is 0 Å². The molecule has 1 N–H and O–H groups in total. The molecule has 0 radical (unpaired) electrons. The van der Waals surface area contributed by atoms with Crippen molar-refractivity contribution in [2.75, 3.05) is 23.3 Å². The van der Waals surface area contributed by atoms with Crippen molar-refractivity contribution in [3.63, 3.8) is 0 Å². The van der Waals surface area contributed by atoms with Crippen molar-refractivity contribution in [2.45, 2.75) is 4.90 Å². The molecule has 0 atom stereocenters. The van der Waals surface area contributed by atoms with E-state index in [1.165, 1.54) is 31.5 Å². The Morgan fingerprint density at radius 1 is 1.06 bits per heavy atom. The van der Waals surface area contributed by atoms with E-state index in [9.17, 15) is 17.6 Å². The normalized spacial score (nSPS) is 11.2. The molecule has 3 aromatic carbocycles. The highest BCUT2D eigenvalue weighted by Crippen LogP contribution is 2.29. The zero-order valence-electron chi connectivity index (χ0n) is 17.6. The first-order chi connectivity index (χ1) is 15.9. The van der Waals surface area contributed by atoms with Crippen molar-refractivity contribution in [3.05, 3.63) is 91.0 Å². The first kappa shape index (κ1) is 22.2. The molecule has 1 amide bonds. The van der Waals surface area contributed by atoms with Crippen LogP contribution in [-0.2, 0) is 14.8 Å². The maximum Gasteiger partial charge on any atom is 0.265 e. The fraction of sp³-hybridized carbons (Fsp3) is 0.0833. The van der Waals surface area contributed by atoms with Gasteiger partial charge in [0.2, 0.25) is 5.91 Å². The van der Waals surface area contributed by atoms with Gasteiger partial charge in [-0.25, -0.2) is 12.8 Å². The number of pyridine rings is 1. The molecular formula is C24H20FN3O4S. The summed E-state index contributed by atoms with van der Waals surface area (Å²) < 4.78 is 47.1. The topological polar surface area (TPSA) is 88.6 Å². The van der Waals surface area contributed by atoms with E-state index in [4.69, 9.17) is 4.74 Å². The number of halogens is 1. The maximum atomic E-state index is 13.7. The van der Waals surface area contributed by atoms with Crippen molar-refractivity contribution < 1.29 is 22.3 Å². The van der Waals surface area contributed by atoms with Gasteiger partial charge >= 0.3 is 0 Å². The van der Waals surface area contributed by atoms with Crippen molar-refractivity contribution >= 4 is 38.1 Å². The van der Waals surface area contributed by atoms with Crippen molar-refractivity contribution in [3.8, 4) is 5.75 Å². The summed E-state index contributed by atoms with van der Waals surface area (Å²) in [6, 6.07) is 18.0. The highest BCUT2D eigenvalue weighted by Gasteiger charge is 2.29. The Morgan fingerprint density at radius 2 is 1.82 bits per heavy atom. The van der Waals surface area contributed by atoms with E-state index in [2.05, 4.69) is 10.3 Å². The Kier molecular flexibility index (Phi) is 6.23. The highest BCUT2D eigenvalue weighted by atomic mass is 32.2. The summed E-state index contributed by atoms with van der Waals surface area (Å²) in [4.78, 5) is 16.9. The molecule has 0 spiro atoms. The molecular weight excluding hydrogens is 445 g/mol. The van der Waals surface area contributed by atoms with Gasteiger partial charge in [-0.15, -0.1) is 0 Å². The molecule has 0 aliphatic rings. The highest BCUT2D eigenvalue weighted by molar-refractivity contribution is 7.93. The number of nitrogens with zero attached hydrogens (tertiary/aromatic N) is 2. The predicted molar refractivity (Wildman–Crippen MR) is 124 cm³/mol. The first-order valence-corrected chi connectivity index (χ1v) is 11.4. The molecule has 1 heterocycles. The third-order valence-electron chi connectivity index (χ3n) is 4.96. The number of ether oxygens (including phenoxy) is 1. The summed E-state index contributed by atoms with van der Waals surface area (Å²) in [6.07, 6.45) is 3.06. The van der Waals surface area contributed by atoms with E-state index in [1.807, 2.05) is 0 Å². The van der Waals surface area contributed by atoms with Crippen molar-refractivity contribution in [1.29, 1.82) is 0 Å². The van der Waals surface area contributed by atoms with Crippen LogP contribution in [0.25, 0.3) is 10.8 Å². The van der Waals surface area contributed by atoms with E-state index in [1.54, 1.807) is 48.7 Å². The number of hydrogen-bond acceptors (Lipinski definition) is 5. The Hall–Kier alpha value is -3.98. The first-order valence-electron chi connectivity index (χ1n) is 9.93. The third kappa shape index (κ3) is 4.78. The van der Waals surface area contributed by atoms with Crippen LogP contribution in [0.4, 0.5) is 15.8 Å². The largest absolute Gasteiger partial charge is 0.497 e. The minimum Gasteiger partial charge on any atom is -0.497 e. The Labute approximate surface area is 190 Å². The number of amides is 1. The molecule has 1 aromatic heterocycles. The van der Waals surface area contributed by atoms with Crippen LogP contribution in [0.15, 0.2) is 90.1 Å². The minimum absolute atomic E-state index is 0.0147. The summed E-state index contributed by atoms with van der Waals surface area (Å²) >= 11 is 0. The van der Waals surface area contributed by atoms with Crippen LogP contribution in [0.1, 0.15) is 0 Å². The van der Waals surface area contributed by atoms with Gasteiger partial charge in [0.1, 0.15) is 18.1 Å². The van der Waals surface area contributed by atoms with Gasteiger partial charge in [0.15, 0.2) is 0 Å². The average Bonchev–Trinajstić information content (AvgIpc) is 2.83. The van der Waals surface area contributed by atoms with Crippen LogP contribution < -0.4 is 14.4 Å². The smallest absolute Gasteiger partial charge is 0.265 e. The number of rotatable bonds is 7. The summed E-state index contributed by atoms with van der Waals surface area (Å²) in [6.45, 7) is -0.521. The number of benzene rings is 3. The standard InChI is InChI=1S/C24H20FN3O4S/c1-32-21-6-3-5-19(14-21)27-24(29)16-28(20-10-8-18(25)9-11-20)33(30,31)23-7-2-4-17-15-26-13-12-22(17)23/h2-15H,16H2,1H3,(H,27,29). The molecule has 0 aliphatic heterocycles. The lowest BCUT2D eigenvalue weighted by atomic mass is 10.2. The van der Waals surface area contributed by atoms with Gasteiger partial charge in [-0.2, -0.15) is 0 Å². The van der Waals surface area contributed by atoms with E-state index in [0.29, 0.717) is 22.2 Å². The molecule has 0 saturated carbocycles. The van der Waals surface area contributed by atoms with E-state index in [-0.39, 0.29) is 10.6 Å². The van der Waals surface area contributed by atoms with E-state index >= 15 is 0 Å². The van der Waals surface area contributed by atoms with Crippen LogP contribution in [0.5, 0.6) is 5.75 Å². The van der Waals surface area contributed by atoms with Gasteiger partial charge < -0.3 is 10.1 Å². The SMILES string of the molecule is COc1cccc(NC(=O)CN(c2ccc(F)cc2)S(=O)(=O)c2cccc3cnccc23)c1. The number of nitrogens with one attached hydrogen (secondary N) is 1. The van der Waals surface area contributed by atoms with Gasteiger partial charge in [0.05, 0.1) is 17.7 Å². The van der Waals surface area contributed by atoms with Gasteiger partial charge in [-0.3, -0.25) is 14.1 Å². The fourth-order valence-electron chi connectivity index (χ4n) is 3.39. The number of fused-ring (bicyclic) bond motifs is 1. The van der Waals surface area contributed by atoms with E-state index < -0.39 is 28.3 Å². The Bertz CT molecular complexity index is 1400.